The predicted molar refractivity (Wildman–Crippen MR) is 148 cm³/mol. The molecule has 0 aliphatic carbocycles. The van der Waals surface area contributed by atoms with Crippen LogP contribution in [0, 0.1) is 6.92 Å². The lowest BCUT2D eigenvalue weighted by molar-refractivity contribution is -0.118. The molecule has 1 aromatic carbocycles. The van der Waals surface area contributed by atoms with Gasteiger partial charge in [0.25, 0.3) is 0 Å². The number of anilines is 1. The van der Waals surface area contributed by atoms with Gasteiger partial charge in [0.15, 0.2) is 5.16 Å². The molecule has 0 saturated carbocycles. The fourth-order valence-corrected chi connectivity index (χ4v) is 4.98. The number of aryl methyl sites for hydroxylation is 1. The van der Waals surface area contributed by atoms with Gasteiger partial charge in [-0.15, -0.1) is 23.2 Å². The number of benzene rings is 1. The first-order valence-electron chi connectivity index (χ1n) is 11.5. The fraction of sp³-hybridized carbons (Fsp3) is 0.500. The topological polar surface area (TPSA) is 70.5 Å². The van der Waals surface area contributed by atoms with Gasteiger partial charge >= 0.3 is 0 Å². The van der Waals surface area contributed by atoms with Crippen LogP contribution in [0.15, 0.2) is 45.6 Å². The van der Waals surface area contributed by atoms with Crippen molar-refractivity contribution in [3.8, 4) is 0 Å². The molecule has 0 aliphatic heterocycles. The van der Waals surface area contributed by atoms with Crippen LogP contribution in [0.1, 0.15) is 43.9 Å². The van der Waals surface area contributed by atoms with Crippen molar-refractivity contribution in [2.75, 3.05) is 41.3 Å². The summed E-state index contributed by atoms with van der Waals surface area (Å²) in [6.07, 6.45) is 5.77. The van der Waals surface area contributed by atoms with Gasteiger partial charge in [-0.3, -0.25) is 4.79 Å². The quantitative estimate of drug-likeness (QED) is 0.0535. The Labute approximate surface area is 221 Å². The number of amides is 1. The second kappa shape index (κ2) is 17.0. The van der Waals surface area contributed by atoms with E-state index in [0.717, 1.165) is 71.7 Å². The number of hydrogen-bond donors (Lipinski definition) is 1. The molecular weight excluding hydrogens is 509 g/mol. The number of rotatable bonds is 16. The molecule has 1 N–H and O–H groups in total. The van der Waals surface area contributed by atoms with Crippen molar-refractivity contribution in [3.63, 3.8) is 0 Å². The summed E-state index contributed by atoms with van der Waals surface area (Å²) in [4.78, 5) is 23.5. The summed E-state index contributed by atoms with van der Waals surface area (Å²) in [5, 5.41) is 5.65. The lowest BCUT2D eigenvalue weighted by Gasteiger charge is -2.24. The molecule has 0 fully saturated rings. The zero-order valence-electron chi connectivity index (χ0n) is 19.8. The van der Waals surface area contributed by atoms with E-state index in [2.05, 4.69) is 44.5 Å². The highest BCUT2D eigenvalue weighted by molar-refractivity contribution is 8.00. The van der Waals surface area contributed by atoms with Crippen molar-refractivity contribution in [1.82, 2.24) is 15.4 Å². The third-order valence-electron chi connectivity index (χ3n) is 4.67. The number of carbonyl (C=O) groups excluding carboxylic acids is 1. The van der Waals surface area contributed by atoms with E-state index in [1.54, 1.807) is 18.0 Å². The summed E-state index contributed by atoms with van der Waals surface area (Å²) in [6, 6.07) is 9.96. The van der Waals surface area contributed by atoms with E-state index in [-0.39, 0.29) is 11.7 Å². The van der Waals surface area contributed by atoms with Crippen molar-refractivity contribution < 1.29 is 4.79 Å². The lowest BCUT2D eigenvalue weighted by Crippen LogP contribution is -2.26. The maximum atomic E-state index is 12.2. The first-order chi connectivity index (χ1) is 16.5. The smallest absolute Gasteiger partial charge is 0.250 e. The number of unbranched alkanes of at least 4 members (excludes halogenated alkanes) is 1. The van der Waals surface area contributed by atoms with Crippen molar-refractivity contribution in [1.29, 1.82) is 0 Å². The second-order valence-electron chi connectivity index (χ2n) is 7.58. The minimum atomic E-state index is -0.178. The maximum absolute atomic E-state index is 12.2. The normalized spacial score (nSPS) is 11.2. The van der Waals surface area contributed by atoms with Crippen LogP contribution >= 0.6 is 46.7 Å². The monoisotopic (exact) mass is 541 g/mol. The minimum Gasteiger partial charge on any atom is -0.371 e. The largest absolute Gasteiger partial charge is 0.371 e. The Kier molecular flexibility index (Phi) is 14.4. The summed E-state index contributed by atoms with van der Waals surface area (Å²) in [5.41, 5.74) is 5.53. The molecule has 0 saturated heterocycles. The molecule has 0 spiro atoms. The highest BCUT2D eigenvalue weighted by Crippen LogP contribution is 2.21. The molecular formula is C24H33Cl2N5OS2. The molecule has 2 rings (SSSR count). The molecule has 0 unspecified atom stereocenters. The number of halogens is 2. The number of hydrogen-bond acceptors (Lipinski definition) is 7. The number of nitrogens with zero attached hydrogens (tertiary/aromatic N) is 4. The number of aromatic nitrogens is 2. The van der Waals surface area contributed by atoms with Gasteiger partial charge in [0.2, 0.25) is 5.91 Å². The molecule has 34 heavy (non-hydrogen) atoms. The molecule has 10 heteroatoms. The van der Waals surface area contributed by atoms with Crippen LogP contribution in [0.3, 0.4) is 0 Å². The average molecular weight is 543 g/mol. The predicted octanol–water partition coefficient (Wildman–Crippen LogP) is 5.98. The third kappa shape index (κ3) is 11.3. The number of alkyl halides is 2. The summed E-state index contributed by atoms with van der Waals surface area (Å²) in [7, 11) is 0. The molecule has 0 atom stereocenters. The lowest BCUT2D eigenvalue weighted by atomic mass is 10.2. The summed E-state index contributed by atoms with van der Waals surface area (Å²) in [6.45, 7) is 5.90. The van der Waals surface area contributed by atoms with E-state index in [9.17, 15) is 4.79 Å². The Morgan fingerprint density at radius 2 is 1.79 bits per heavy atom. The molecule has 0 aliphatic rings. The van der Waals surface area contributed by atoms with Gasteiger partial charge in [-0.1, -0.05) is 49.0 Å². The number of hydrazone groups is 1. The van der Waals surface area contributed by atoms with Gasteiger partial charge in [-0.05, 0) is 49.9 Å². The standard InChI is InChI=1S/C24H33Cl2N5OS2/c1-3-4-15-33-24-28-19(2)16-23(29-24)34-18-22(32)30-27-17-20-7-9-21(10-8-20)31(13-5-11-25)14-6-12-26/h7-10,16-17H,3-6,11-15,18H2,1-2H3,(H,30,32). The number of thioether (sulfide) groups is 2. The Bertz CT molecular complexity index is 891. The van der Waals surface area contributed by atoms with Gasteiger partial charge < -0.3 is 4.90 Å². The van der Waals surface area contributed by atoms with E-state index >= 15 is 0 Å². The highest BCUT2D eigenvalue weighted by Gasteiger charge is 2.08. The molecule has 2 aromatic rings. The van der Waals surface area contributed by atoms with Crippen molar-refractivity contribution in [2.45, 2.75) is 49.7 Å². The molecule has 1 heterocycles. The van der Waals surface area contributed by atoms with Crippen LogP contribution in [-0.4, -0.2) is 58.4 Å². The van der Waals surface area contributed by atoms with Crippen LogP contribution in [0.4, 0.5) is 5.69 Å². The van der Waals surface area contributed by atoms with E-state index in [0.29, 0.717) is 11.8 Å². The molecule has 6 nitrogen and oxygen atoms in total. The molecule has 186 valence electrons. The minimum absolute atomic E-state index is 0.178. The van der Waals surface area contributed by atoms with Crippen LogP contribution < -0.4 is 10.3 Å². The molecule has 0 bridgehead atoms. The van der Waals surface area contributed by atoms with Gasteiger partial charge in [0.1, 0.15) is 5.03 Å². The van der Waals surface area contributed by atoms with Crippen LogP contribution in [0.5, 0.6) is 0 Å². The first kappa shape index (κ1) is 28.8. The number of nitrogens with one attached hydrogen (secondary N) is 1. The van der Waals surface area contributed by atoms with Gasteiger partial charge in [-0.25, -0.2) is 15.4 Å². The van der Waals surface area contributed by atoms with Crippen molar-refractivity contribution >= 4 is 64.5 Å². The maximum Gasteiger partial charge on any atom is 0.250 e. The van der Waals surface area contributed by atoms with Crippen LogP contribution in [0.2, 0.25) is 0 Å². The van der Waals surface area contributed by atoms with Crippen molar-refractivity contribution in [2.24, 2.45) is 5.10 Å². The third-order valence-corrected chi connectivity index (χ3v) is 7.05. The highest BCUT2D eigenvalue weighted by atomic mass is 35.5. The SMILES string of the molecule is CCCCSc1nc(C)cc(SCC(=O)NN=Cc2ccc(N(CCCCl)CCCCl)cc2)n1. The Morgan fingerprint density at radius 1 is 1.09 bits per heavy atom. The van der Waals surface area contributed by atoms with E-state index in [4.69, 9.17) is 23.2 Å². The zero-order chi connectivity index (χ0) is 24.6. The summed E-state index contributed by atoms with van der Waals surface area (Å²) in [5.74, 6) is 2.33. The first-order valence-corrected chi connectivity index (χ1v) is 14.5. The fourth-order valence-electron chi connectivity index (χ4n) is 2.95. The summed E-state index contributed by atoms with van der Waals surface area (Å²) >= 11 is 14.8. The molecule has 0 radical (unpaired) electrons. The van der Waals surface area contributed by atoms with Crippen LogP contribution in [-0.2, 0) is 4.79 Å². The Hall–Kier alpha value is -1.48. The van der Waals surface area contributed by atoms with Gasteiger partial charge in [0.05, 0.1) is 12.0 Å². The molecule has 1 aromatic heterocycles. The van der Waals surface area contributed by atoms with E-state index in [1.807, 2.05) is 25.1 Å². The number of carbonyl (C=O) groups is 1. The van der Waals surface area contributed by atoms with E-state index < -0.39 is 0 Å². The van der Waals surface area contributed by atoms with Crippen LogP contribution in [0.25, 0.3) is 0 Å². The molecule has 1 amide bonds. The van der Waals surface area contributed by atoms with E-state index in [1.165, 1.54) is 11.8 Å². The van der Waals surface area contributed by atoms with Gasteiger partial charge in [-0.2, -0.15) is 5.10 Å². The Morgan fingerprint density at radius 3 is 2.44 bits per heavy atom. The Balaban J connectivity index is 1.83. The zero-order valence-corrected chi connectivity index (χ0v) is 22.9. The second-order valence-corrected chi connectivity index (χ2v) is 10.4. The average Bonchev–Trinajstić information content (AvgIpc) is 2.83. The van der Waals surface area contributed by atoms with Gasteiger partial charge in [0, 0.05) is 42.0 Å². The summed E-state index contributed by atoms with van der Waals surface area (Å²) < 4.78 is 0. The van der Waals surface area contributed by atoms with Crippen molar-refractivity contribution in [3.05, 3.63) is 41.6 Å².